The van der Waals surface area contributed by atoms with Gasteiger partial charge in [0.2, 0.25) is 0 Å². The van der Waals surface area contributed by atoms with Gasteiger partial charge in [0, 0.05) is 24.7 Å². The highest BCUT2D eigenvalue weighted by Gasteiger charge is 2.14. The summed E-state index contributed by atoms with van der Waals surface area (Å²) in [5, 5.41) is 3.31. The standard InChI is InChI=1S/C12H17N3O2/c13-12(16)11-3-1-2-10(15-11)6-9-7-14-4-5-17-8-9/h1-3,9,14H,4-8H2,(H2,13,16)/t9-/m0/s1. The minimum atomic E-state index is -0.484. The Kier molecular flexibility index (Phi) is 4.06. The molecule has 0 bridgehead atoms. The van der Waals surface area contributed by atoms with Crippen LogP contribution >= 0.6 is 0 Å². The zero-order valence-corrected chi connectivity index (χ0v) is 9.69. The largest absolute Gasteiger partial charge is 0.380 e. The molecule has 0 saturated carbocycles. The zero-order valence-electron chi connectivity index (χ0n) is 9.69. The Morgan fingerprint density at radius 1 is 1.59 bits per heavy atom. The fourth-order valence-corrected chi connectivity index (χ4v) is 1.92. The van der Waals surface area contributed by atoms with Crippen LogP contribution in [0.3, 0.4) is 0 Å². The second kappa shape index (κ2) is 5.75. The summed E-state index contributed by atoms with van der Waals surface area (Å²) >= 11 is 0. The molecule has 1 amide bonds. The lowest BCUT2D eigenvalue weighted by Crippen LogP contribution is -2.24. The predicted octanol–water partition coefficient (Wildman–Crippen LogP) is -0.0410. The maximum absolute atomic E-state index is 11.0. The van der Waals surface area contributed by atoms with Crippen molar-refractivity contribution in [2.45, 2.75) is 6.42 Å². The van der Waals surface area contributed by atoms with E-state index in [1.54, 1.807) is 6.07 Å². The van der Waals surface area contributed by atoms with Gasteiger partial charge in [0.1, 0.15) is 5.69 Å². The normalized spacial score (nSPS) is 20.8. The molecule has 1 aliphatic heterocycles. The highest BCUT2D eigenvalue weighted by molar-refractivity contribution is 5.90. The molecule has 1 atom stereocenters. The fraction of sp³-hybridized carbons (Fsp3) is 0.500. The SMILES string of the molecule is NC(=O)c1cccc(C[C@H]2CNCCOC2)n1. The number of rotatable bonds is 3. The van der Waals surface area contributed by atoms with Gasteiger partial charge in [-0.05, 0) is 18.6 Å². The van der Waals surface area contributed by atoms with Gasteiger partial charge in [-0.1, -0.05) is 6.07 Å². The number of nitrogens with zero attached hydrogens (tertiary/aromatic N) is 1. The molecule has 1 aromatic rings. The van der Waals surface area contributed by atoms with E-state index in [1.807, 2.05) is 12.1 Å². The molecular weight excluding hydrogens is 218 g/mol. The van der Waals surface area contributed by atoms with E-state index in [2.05, 4.69) is 10.3 Å². The number of hydrogen-bond acceptors (Lipinski definition) is 4. The van der Waals surface area contributed by atoms with E-state index in [-0.39, 0.29) is 0 Å². The Hall–Kier alpha value is -1.46. The van der Waals surface area contributed by atoms with E-state index in [0.29, 0.717) is 11.6 Å². The van der Waals surface area contributed by atoms with Crippen molar-refractivity contribution in [3.63, 3.8) is 0 Å². The first kappa shape index (κ1) is 12.0. The average Bonchev–Trinajstić information content (AvgIpc) is 2.58. The Bertz CT molecular complexity index is 387. The van der Waals surface area contributed by atoms with Gasteiger partial charge < -0.3 is 15.8 Å². The van der Waals surface area contributed by atoms with Crippen molar-refractivity contribution < 1.29 is 9.53 Å². The summed E-state index contributed by atoms with van der Waals surface area (Å²) in [5.41, 5.74) is 6.41. The maximum Gasteiger partial charge on any atom is 0.267 e. The molecule has 3 N–H and O–H groups in total. The van der Waals surface area contributed by atoms with Crippen molar-refractivity contribution in [2.24, 2.45) is 11.7 Å². The summed E-state index contributed by atoms with van der Waals surface area (Å²) < 4.78 is 5.48. The summed E-state index contributed by atoms with van der Waals surface area (Å²) in [4.78, 5) is 15.3. The molecule has 0 radical (unpaired) electrons. The van der Waals surface area contributed by atoms with Crippen LogP contribution in [-0.2, 0) is 11.2 Å². The number of nitrogens with two attached hydrogens (primary N) is 1. The minimum absolute atomic E-state index is 0.324. The van der Waals surface area contributed by atoms with Crippen molar-refractivity contribution in [3.05, 3.63) is 29.6 Å². The van der Waals surface area contributed by atoms with Crippen LogP contribution in [-0.4, -0.2) is 37.2 Å². The van der Waals surface area contributed by atoms with Crippen LogP contribution in [0.15, 0.2) is 18.2 Å². The summed E-state index contributed by atoms with van der Waals surface area (Å²) in [6.45, 7) is 3.30. The van der Waals surface area contributed by atoms with Crippen LogP contribution in [0.2, 0.25) is 0 Å². The number of hydrogen-bond donors (Lipinski definition) is 2. The highest BCUT2D eigenvalue weighted by Crippen LogP contribution is 2.09. The molecule has 0 aromatic carbocycles. The molecule has 17 heavy (non-hydrogen) atoms. The van der Waals surface area contributed by atoms with Gasteiger partial charge in [-0.25, -0.2) is 4.98 Å². The number of aromatic nitrogens is 1. The van der Waals surface area contributed by atoms with Crippen molar-refractivity contribution in [3.8, 4) is 0 Å². The van der Waals surface area contributed by atoms with Crippen molar-refractivity contribution >= 4 is 5.91 Å². The van der Waals surface area contributed by atoms with Crippen LogP contribution in [0, 0.1) is 5.92 Å². The maximum atomic E-state index is 11.0. The molecule has 1 fully saturated rings. The smallest absolute Gasteiger partial charge is 0.267 e. The van der Waals surface area contributed by atoms with Crippen LogP contribution < -0.4 is 11.1 Å². The Morgan fingerprint density at radius 2 is 2.47 bits per heavy atom. The van der Waals surface area contributed by atoms with E-state index in [0.717, 1.165) is 38.4 Å². The zero-order chi connectivity index (χ0) is 12.1. The molecule has 92 valence electrons. The number of primary amides is 1. The van der Waals surface area contributed by atoms with E-state index in [4.69, 9.17) is 10.5 Å². The minimum Gasteiger partial charge on any atom is -0.380 e. The second-order valence-electron chi connectivity index (χ2n) is 4.23. The van der Waals surface area contributed by atoms with Gasteiger partial charge >= 0.3 is 0 Å². The summed E-state index contributed by atoms with van der Waals surface area (Å²) in [7, 11) is 0. The Morgan fingerprint density at radius 3 is 3.29 bits per heavy atom. The van der Waals surface area contributed by atoms with Gasteiger partial charge in [0.25, 0.3) is 5.91 Å². The van der Waals surface area contributed by atoms with Crippen molar-refractivity contribution in [1.82, 2.24) is 10.3 Å². The lowest BCUT2D eigenvalue weighted by Gasteiger charge is -2.13. The molecule has 0 unspecified atom stereocenters. The topological polar surface area (TPSA) is 77.2 Å². The molecule has 0 spiro atoms. The van der Waals surface area contributed by atoms with E-state index >= 15 is 0 Å². The highest BCUT2D eigenvalue weighted by atomic mass is 16.5. The number of ether oxygens (including phenoxy) is 1. The molecule has 0 aliphatic carbocycles. The van der Waals surface area contributed by atoms with E-state index < -0.39 is 5.91 Å². The Labute approximate surface area is 100 Å². The van der Waals surface area contributed by atoms with E-state index in [1.165, 1.54) is 0 Å². The van der Waals surface area contributed by atoms with Gasteiger partial charge in [-0.3, -0.25) is 4.79 Å². The third-order valence-corrected chi connectivity index (χ3v) is 2.77. The quantitative estimate of drug-likeness (QED) is 0.770. The van der Waals surface area contributed by atoms with Crippen molar-refractivity contribution in [1.29, 1.82) is 0 Å². The first-order valence-corrected chi connectivity index (χ1v) is 5.80. The van der Waals surface area contributed by atoms with E-state index in [9.17, 15) is 4.79 Å². The number of carbonyl (C=O) groups excluding carboxylic acids is 1. The van der Waals surface area contributed by atoms with Crippen LogP contribution in [0.4, 0.5) is 0 Å². The molecule has 1 aromatic heterocycles. The molecule has 5 nitrogen and oxygen atoms in total. The van der Waals surface area contributed by atoms with Crippen molar-refractivity contribution in [2.75, 3.05) is 26.3 Å². The molecule has 1 aliphatic rings. The molecular formula is C12H17N3O2. The average molecular weight is 235 g/mol. The summed E-state index contributed by atoms with van der Waals surface area (Å²) in [6.07, 6.45) is 0.800. The second-order valence-corrected chi connectivity index (χ2v) is 4.23. The van der Waals surface area contributed by atoms with Gasteiger partial charge in [0.15, 0.2) is 0 Å². The number of nitrogens with one attached hydrogen (secondary N) is 1. The lowest BCUT2D eigenvalue weighted by molar-refractivity contribution is 0.0995. The first-order valence-electron chi connectivity index (χ1n) is 5.80. The van der Waals surface area contributed by atoms with Gasteiger partial charge in [-0.2, -0.15) is 0 Å². The lowest BCUT2D eigenvalue weighted by atomic mass is 10.0. The van der Waals surface area contributed by atoms with Crippen LogP contribution in [0.1, 0.15) is 16.2 Å². The monoisotopic (exact) mass is 235 g/mol. The number of pyridine rings is 1. The van der Waals surface area contributed by atoms with Crippen LogP contribution in [0.5, 0.6) is 0 Å². The molecule has 2 rings (SSSR count). The fourth-order valence-electron chi connectivity index (χ4n) is 1.92. The summed E-state index contributed by atoms with van der Waals surface area (Å²) in [6, 6.07) is 5.36. The Balaban J connectivity index is 2.01. The molecule has 5 heteroatoms. The van der Waals surface area contributed by atoms with Gasteiger partial charge in [-0.15, -0.1) is 0 Å². The number of carbonyl (C=O) groups is 1. The van der Waals surface area contributed by atoms with Gasteiger partial charge in [0.05, 0.1) is 13.2 Å². The summed E-state index contributed by atoms with van der Waals surface area (Å²) in [5.74, 6) is -0.0878. The molecule has 2 heterocycles. The predicted molar refractivity (Wildman–Crippen MR) is 63.6 cm³/mol. The molecule has 1 saturated heterocycles. The third kappa shape index (κ3) is 3.51. The number of amides is 1. The van der Waals surface area contributed by atoms with Crippen LogP contribution in [0.25, 0.3) is 0 Å². The third-order valence-electron chi connectivity index (χ3n) is 2.77. The first-order chi connectivity index (χ1) is 8.25.